The van der Waals surface area contributed by atoms with Crippen molar-refractivity contribution in [2.75, 3.05) is 7.05 Å². The number of aromatic amines is 1. The van der Waals surface area contributed by atoms with Crippen LogP contribution in [0.3, 0.4) is 0 Å². The number of fused-ring (bicyclic) bond motifs is 1. The van der Waals surface area contributed by atoms with Crippen LogP contribution in [0.1, 0.15) is 22.1 Å². The molecule has 4 aromatic rings. The lowest BCUT2D eigenvalue weighted by Gasteiger charge is -2.14. The summed E-state index contributed by atoms with van der Waals surface area (Å²) in [5, 5.41) is 5.92. The van der Waals surface area contributed by atoms with Gasteiger partial charge in [0, 0.05) is 19.4 Å². The standard InChI is InChI=1S/C17H15N5O3S/c1-21(10-14-19-12-5-8-26-15(12)16(23)20-14)17(24)13-4-3-11(25-13)9-22-7-2-6-18-22/h2-8H,9-10H2,1H3,(H,19,20,23). The highest BCUT2D eigenvalue weighted by atomic mass is 32.1. The van der Waals surface area contributed by atoms with E-state index in [1.165, 1.54) is 16.2 Å². The summed E-state index contributed by atoms with van der Waals surface area (Å²) in [6.45, 7) is 0.628. The van der Waals surface area contributed by atoms with Crippen molar-refractivity contribution in [1.29, 1.82) is 0 Å². The van der Waals surface area contributed by atoms with Gasteiger partial charge in [-0.15, -0.1) is 11.3 Å². The molecule has 132 valence electrons. The molecule has 8 nitrogen and oxygen atoms in total. The molecule has 0 fully saturated rings. The summed E-state index contributed by atoms with van der Waals surface area (Å²) in [4.78, 5) is 33.1. The van der Waals surface area contributed by atoms with E-state index in [-0.39, 0.29) is 23.8 Å². The third-order valence-corrected chi connectivity index (χ3v) is 4.75. The number of rotatable bonds is 5. The van der Waals surface area contributed by atoms with Gasteiger partial charge in [0.25, 0.3) is 11.5 Å². The topological polar surface area (TPSA) is 97.0 Å². The molecule has 0 bridgehead atoms. The zero-order valence-corrected chi connectivity index (χ0v) is 14.7. The van der Waals surface area contributed by atoms with Crippen molar-refractivity contribution in [3.63, 3.8) is 0 Å². The summed E-state index contributed by atoms with van der Waals surface area (Å²) in [7, 11) is 1.63. The number of H-pyrrole nitrogens is 1. The van der Waals surface area contributed by atoms with Gasteiger partial charge >= 0.3 is 0 Å². The van der Waals surface area contributed by atoms with Gasteiger partial charge in [-0.25, -0.2) is 4.98 Å². The second-order valence-corrected chi connectivity index (χ2v) is 6.69. The lowest BCUT2D eigenvalue weighted by Crippen LogP contribution is -2.28. The second-order valence-electron chi connectivity index (χ2n) is 5.78. The van der Waals surface area contributed by atoms with Crippen LogP contribution in [0.2, 0.25) is 0 Å². The van der Waals surface area contributed by atoms with Crippen molar-refractivity contribution in [3.8, 4) is 0 Å². The van der Waals surface area contributed by atoms with Gasteiger partial charge in [0.15, 0.2) is 5.76 Å². The van der Waals surface area contributed by atoms with E-state index in [9.17, 15) is 9.59 Å². The Morgan fingerprint density at radius 1 is 1.38 bits per heavy atom. The number of carbonyl (C=O) groups is 1. The first-order valence-electron chi connectivity index (χ1n) is 7.88. The van der Waals surface area contributed by atoms with Gasteiger partial charge in [0.1, 0.15) is 16.3 Å². The molecule has 0 unspecified atom stereocenters. The molecule has 4 rings (SSSR count). The Morgan fingerprint density at radius 2 is 2.27 bits per heavy atom. The number of thiophene rings is 1. The molecule has 1 N–H and O–H groups in total. The molecule has 0 aromatic carbocycles. The number of carbonyl (C=O) groups excluding carboxylic acids is 1. The first kappa shape index (κ1) is 16.3. The van der Waals surface area contributed by atoms with Crippen LogP contribution >= 0.6 is 11.3 Å². The second kappa shape index (κ2) is 6.60. The highest BCUT2D eigenvalue weighted by Crippen LogP contribution is 2.15. The molecule has 0 atom stereocenters. The minimum atomic E-state index is -0.287. The first-order chi connectivity index (χ1) is 12.6. The normalized spacial score (nSPS) is 11.1. The van der Waals surface area contributed by atoms with E-state index < -0.39 is 0 Å². The molecule has 4 aromatic heterocycles. The van der Waals surface area contributed by atoms with Crippen LogP contribution in [0.15, 0.2) is 51.3 Å². The maximum Gasteiger partial charge on any atom is 0.289 e. The average Bonchev–Trinajstić information content (AvgIpc) is 3.35. The molecule has 26 heavy (non-hydrogen) atoms. The molecule has 0 radical (unpaired) electrons. The Labute approximate surface area is 151 Å². The predicted octanol–water partition coefficient (Wildman–Crippen LogP) is 2.09. The molecule has 0 aliphatic rings. The lowest BCUT2D eigenvalue weighted by atomic mass is 10.3. The summed E-state index contributed by atoms with van der Waals surface area (Å²) >= 11 is 1.34. The minimum Gasteiger partial charge on any atom is -0.454 e. The summed E-state index contributed by atoms with van der Waals surface area (Å²) in [6, 6.07) is 6.99. The van der Waals surface area contributed by atoms with Crippen LogP contribution in [0.5, 0.6) is 0 Å². The monoisotopic (exact) mass is 369 g/mol. The number of aromatic nitrogens is 4. The Morgan fingerprint density at radius 3 is 3.08 bits per heavy atom. The average molecular weight is 369 g/mol. The van der Waals surface area contributed by atoms with Crippen molar-refractivity contribution >= 4 is 27.5 Å². The number of hydrogen-bond acceptors (Lipinski definition) is 6. The van der Waals surface area contributed by atoms with Crippen molar-refractivity contribution in [1.82, 2.24) is 24.6 Å². The van der Waals surface area contributed by atoms with Gasteiger partial charge in [0.05, 0.1) is 18.6 Å². The number of furan rings is 1. The molecular formula is C17H15N5O3S. The van der Waals surface area contributed by atoms with E-state index >= 15 is 0 Å². The maximum absolute atomic E-state index is 12.6. The third-order valence-electron chi connectivity index (χ3n) is 3.85. The molecule has 1 amide bonds. The van der Waals surface area contributed by atoms with Gasteiger partial charge < -0.3 is 14.3 Å². The van der Waals surface area contributed by atoms with E-state index in [0.29, 0.717) is 28.3 Å². The SMILES string of the molecule is CN(Cc1nc2ccsc2c(=O)[nH]1)C(=O)c1ccc(Cn2cccn2)o1. The Kier molecular flexibility index (Phi) is 4.13. The van der Waals surface area contributed by atoms with Crippen LogP contribution in [0, 0.1) is 0 Å². The molecule has 0 spiro atoms. The van der Waals surface area contributed by atoms with Gasteiger partial charge in [-0.05, 0) is 29.6 Å². The summed E-state index contributed by atoms with van der Waals surface area (Å²) < 4.78 is 7.91. The van der Waals surface area contributed by atoms with E-state index in [1.54, 1.807) is 36.1 Å². The van der Waals surface area contributed by atoms with Crippen molar-refractivity contribution in [2.45, 2.75) is 13.1 Å². The van der Waals surface area contributed by atoms with Crippen LogP contribution < -0.4 is 5.56 Å². The maximum atomic E-state index is 12.6. The largest absolute Gasteiger partial charge is 0.454 e. The number of hydrogen-bond donors (Lipinski definition) is 1. The Balaban J connectivity index is 1.48. The van der Waals surface area contributed by atoms with E-state index in [2.05, 4.69) is 15.1 Å². The van der Waals surface area contributed by atoms with Gasteiger partial charge in [0.2, 0.25) is 0 Å². The molecule has 9 heteroatoms. The fourth-order valence-corrected chi connectivity index (χ4v) is 3.34. The zero-order valence-electron chi connectivity index (χ0n) is 13.9. The van der Waals surface area contributed by atoms with E-state index in [1.807, 2.05) is 17.6 Å². The molecule has 0 saturated heterocycles. The van der Waals surface area contributed by atoms with E-state index in [0.717, 1.165) is 0 Å². The number of nitrogens with zero attached hydrogens (tertiary/aromatic N) is 4. The van der Waals surface area contributed by atoms with Crippen LogP contribution in [0.4, 0.5) is 0 Å². The highest BCUT2D eigenvalue weighted by molar-refractivity contribution is 7.17. The van der Waals surface area contributed by atoms with Gasteiger partial charge in [-0.3, -0.25) is 14.3 Å². The zero-order chi connectivity index (χ0) is 18.1. The van der Waals surface area contributed by atoms with Crippen LogP contribution in [-0.4, -0.2) is 37.6 Å². The van der Waals surface area contributed by atoms with Gasteiger partial charge in [-0.1, -0.05) is 0 Å². The third kappa shape index (κ3) is 3.16. The fourth-order valence-electron chi connectivity index (χ4n) is 2.61. The summed E-state index contributed by atoms with van der Waals surface area (Å²) in [5.74, 6) is 1.01. The highest BCUT2D eigenvalue weighted by Gasteiger charge is 2.18. The quantitative estimate of drug-likeness (QED) is 0.581. The molecule has 4 heterocycles. The van der Waals surface area contributed by atoms with Crippen molar-refractivity contribution < 1.29 is 9.21 Å². The first-order valence-corrected chi connectivity index (χ1v) is 8.76. The molecular weight excluding hydrogens is 354 g/mol. The smallest absolute Gasteiger partial charge is 0.289 e. The predicted molar refractivity (Wildman–Crippen MR) is 96.1 cm³/mol. The molecule has 0 saturated carbocycles. The number of nitrogens with one attached hydrogen (secondary N) is 1. The van der Waals surface area contributed by atoms with Crippen LogP contribution in [-0.2, 0) is 13.1 Å². The Hall–Kier alpha value is -3.20. The molecule has 0 aliphatic heterocycles. The number of amides is 1. The summed E-state index contributed by atoms with van der Waals surface area (Å²) in [6.07, 6.45) is 3.50. The van der Waals surface area contributed by atoms with Gasteiger partial charge in [-0.2, -0.15) is 5.10 Å². The van der Waals surface area contributed by atoms with Crippen molar-refractivity contribution in [3.05, 3.63) is 69.7 Å². The van der Waals surface area contributed by atoms with E-state index in [4.69, 9.17) is 4.42 Å². The molecule has 0 aliphatic carbocycles. The fraction of sp³-hybridized carbons (Fsp3) is 0.176. The van der Waals surface area contributed by atoms with Crippen LogP contribution in [0.25, 0.3) is 10.2 Å². The minimum absolute atomic E-state index is 0.176. The Bertz CT molecular complexity index is 1110. The summed E-state index contributed by atoms with van der Waals surface area (Å²) in [5.41, 5.74) is 0.439. The van der Waals surface area contributed by atoms with Crippen molar-refractivity contribution in [2.24, 2.45) is 0 Å². The lowest BCUT2D eigenvalue weighted by molar-refractivity contribution is 0.0747.